The van der Waals surface area contributed by atoms with E-state index < -0.39 is 0 Å². The van der Waals surface area contributed by atoms with Gasteiger partial charge in [0.05, 0.1) is 0 Å². The summed E-state index contributed by atoms with van der Waals surface area (Å²) < 4.78 is 0. The Labute approximate surface area is 65.5 Å². The Morgan fingerprint density at radius 3 is 2.00 bits per heavy atom. The number of hydrogen-bond donors (Lipinski definition) is 0. The fraction of sp³-hybridized carbons (Fsp3) is 1.00. The molecule has 0 aliphatic rings. The Morgan fingerprint density at radius 2 is 1.89 bits per heavy atom. The smallest absolute Gasteiger partial charge is 0.128 e. The maximum atomic E-state index is 5.88. The molecule has 0 fully saturated rings. The van der Waals surface area contributed by atoms with Crippen LogP contribution in [0.3, 0.4) is 0 Å². The van der Waals surface area contributed by atoms with Crippen LogP contribution in [0.2, 0.25) is 5.54 Å². The van der Waals surface area contributed by atoms with E-state index in [1.807, 2.05) is 0 Å². The molecule has 56 valence electrons. The second-order valence-electron chi connectivity index (χ2n) is 2.71. The fourth-order valence-corrected chi connectivity index (χ4v) is 3.42. The molecule has 0 aliphatic heterocycles. The Bertz CT molecular complexity index is 61.9. The Balaban J connectivity index is 3.50. The average molecular weight is 165 g/mol. The lowest BCUT2D eigenvalue weighted by Gasteiger charge is -2.17. The van der Waals surface area contributed by atoms with Crippen molar-refractivity contribution in [3.05, 3.63) is 0 Å². The van der Waals surface area contributed by atoms with Gasteiger partial charge in [0.25, 0.3) is 0 Å². The molecule has 0 radical (unpaired) electrons. The second kappa shape index (κ2) is 5.30. The summed E-state index contributed by atoms with van der Waals surface area (Å²) in [5, 5.41) is 0. The van der Waals surface area contributed by atoms with E-state index in [0.717, 1.165) is 11.5 Å². The van der Waals surface area contributed by atoms with Gasteiger partial charge >= 0.3 is 0 Å². The zero-order valence-corrected chi connectivity index (χ0v) is 8.82. The summed E-state index contributed by atoms with van der Waals surface area (Å²) >= 11 is 5.88. The van der Waals surface area contributed by atoms with Crippen LogP contribution in [0.25, 0.3) is 0 Å². The first-order chi connectivity index (χ1) is 4.26. The van der Waals surface area contributed by atoms with E-state index in [2.05, 4.69) is 20.8 Å². The molecular weight excluding hydrogens is 148 g/mol. The van der Waals surface area contributed by atoms with Crippen LogP contribution in [0, 0.1) is 5.92 Å². The molecule has 0 rings (SSSR count). The molecule has 0 nitrogen and oxygen atoms in total. The highest BCUT2D eigenvalue weighted by molar-refractivity contribution is 6.94. The van der Waals surface area contributed by atoms with Gasteiger partial charge in [-0.1, -0.05) is 33.6 Å². The molecule has 0 N–H and O–H groups in total. The van der Waals surface area contributed by atoms with Crippen molar-refractivity contribution in [2.45, 2.75) is 39.2 Å². The Hall–Kier alpha value is 0.507. The summed E-state index contributed by atoms with van der Waals surface area (Å²) in [6.45, 7) is 6.80. The van der Waals surface area contributed by atoms with Crippen LogP contribution in [0.15, 0.2) is 0 Å². The predicted molar refractivity (Wildman–Crippen MR) is 47.9 cm³/mol. The van der Waals surface area contributed by atoms with Gasteiger partial charge in [-0.3, -0.25) is 0 Å². The minimum Gasteiger partial charge on any atom is -0.176 e. The van der Waals surface area contributed by atoms with E-state index in [4.69, 9.17) is 11.1 Å². The highest BCUT2D eigenvalue weighted by Gasteiger charge is 2.11. The van der Waals surface area contributed by atoms with Crippen LogP contribution in [0.5, 0.6) is 0 Å². The van der Waals surface area contributed by atoms with Crippen LogP contribution in [0.1, 0.15) is 33.6 Å². The van der Waals surface area contributed by atoms with Crippen LogP contribution < -0.4 is 0 Å². The quantitative estimate of drug-likeness (QED) is 0.443. The molecule has 0 amide bonds. The predicted octanol–water partition coefficient (Wildman–Crippen LogP) is 2.55. The average Bonchev–Trinajstić information content (AvgIpc) is 1.90. The van der Waals surface area contributed by atoms with Crippen molar-refractivity contribution in [1.82, 2.24) is 0 Å². The number of rotatable bonds is 4. The molecule has 0 aliphatic carbocycles. The van der Waals surface area contributed by atoms with E-state index in [1.165, 1.54) is 12.8 Å². The highest BCUT2D eigenvalue weighted by Crippen LogP contribution is 2.24. The Kier molecular flexibility index (Phi) is 5.60. The molecule has 0 aromatic rings. The SMILES string of the molecule is CCC(C)C(CC)[SiH2]Cl. The maximum Gasteiger partial charge on any atom is 0.128 e. The first kappa shape index (κ1) is 9.51. The minimum absolute atomic E-state index is 0.258. The van der Waals surface area contributed by atoms with Crippen molar-refractivity contribution in [3.63, 3.8) is 0 Å². The second-order valence-corrected chi connectivity index (χ2v) is 4.99. The van der Waals surface area contributed by atoms with Gasteiger partial charge in [0.2, 0.25) is 0 Å². The van der Waals surface area contributed by atoms with Gasteiger partial charge < -0.3 is 0 Å². The minimum atomic E-state index is -0.258. The first-order valence-electron chi connectivity index (χ1n) is 3.82. The van der Waals surface area contributed by atoms with Gasteiger partial charge in [0, 0.05) is 0 Å². The number of halogens is 1. The summed E-state index contributed by atoms with van der Waals surface area (Å²) in [5.74, 6) is 0.860. The molecule has 0 saturated carbocycles. The highest BCUT2D eigenvalue weighted by atomic mass is 35.6. The molecule has 2 atom stereocenters. The van der Waals surface area contributed by atoms with Gasteiger partial charge in [-0.2, -0.15) is 11.1 Å². The van der Waals surface area contributed by atoms with E-state index in [-0.39, 0.29) is 8.83 Å². The zero-order valence-electron chi connectivity index (χ0n) is 6.65. The topological polar surface area (TPSA) is 0 Å². The van der Waals surface area contributed by atoms with Gasteiger partial charge in [-0.15, -0.1) is 0 Å². The van der Waals surface area contributed by atoms with Gasteiger partial charge in [-0.25, -0.2) is 0 Å². The first-order valence-corrected chi connectivity index (χ1v) is 6.77. The maximum absolute atomic E-state index is 5.88. The van der Waals surface area contributed by atoms with Crippen LogP contribution in [0.4, 0.5) is 0 Å². The number of hydrogen-bond acceptors (Lipinski definition) is 0. The van der Waals surface area contributed by atoms with Crippen LogP contribution >= 0.6 is 11.1 Å². The lowest BCUT2D eigenvalue weighted by molar-refractivity contribution is 0.507. The lowest BCUT2D eigenvalue weighted by Crippen LogP contribution is -2.07. The van der Waals surface area contributed by atoms with Gasteiger partial charge in [0.1, 0.15) is 8.83 Å². The van der Waals surface area contributed by atoms with E-state index in [0.29, 0.717) is 0 Å². The molecule has 0 aromatic carbocycles. The summed E-state index contributed by atoms with van der Waals surface area (Å²) in [6.07, 6.45) is 2.57. The zero-order chi connectivity index (χ0) is 7.28. The molecule has 0 aromatic heterocycles. The van der Waals surface area contributed by atoms with Crippen LogP contribution in [-0.2, 0) is 0 Å². The fourth-order valence-electron chi connectivity index (χ4n) is 0.997. The Morgan fingerprint density at radius 1 is 1.33 bits per heavy atom. The van der Waals surface area contributed by atoms with E-state index in [1.54, 1.807) is 0 Å². The van der Waals surface area contributed by atoms with E-state index >= 15 is 0 Å². The third kappa shape index (κ3) is 3.26. The van der Waals surface area contributed by atoms with E-state index in [9.17, 15) is 0 Å². The molecule has 0 heterocycles. The van der Waals surface area contributed by atoms with Crippen molar-refractivity contribution in [1.29, 1.82) is 0 Å². The molecule has 0 bridgehead atoms. The molecule has 9 heavy (non-hydrogen) atoms. The molecule has 0 spiro atoms. The molecule has 0 saturated heterocycles. The third-order valence-electron chi connectivity index (χ3n) is 2.17. The summed E-state index contributed by atoms with van der Waals surface area (Å²) in [5.41, 5.74) is 0.872. The normalized spacial score (nSPS) is 18.7. The van der Waals surface area contributed by atoms with Crippen molar-refractivity contribution in [2.75, 3.05) is 0 Å². The third-order valence-corrected chi connectivity index (χ3v) is 5.14. The lowest BCUT2D eigenvalue weighted by atomic mass is 10.0. The largest absolute Gasteiger partial charge is 0.176 e. The summed E-state index contributed by atoms with van der Waals surface area (Å²) in [4.78, 5) is 0. The van der Waals surface area contributed by atoms with Crippen molar-refractivity contribution < 1.29 is 0 Å². The van der Waals surface area contributed by atoms with Crippen molar-refractivity contribution >= 4 is 19.9 Å². The summed E-state index contributed by atoms with van der Waals surface area (Å²) in [7, 11) is -0.258. The van der Waals surface area contributed by atoms with Crippen molar-refractivity contribution in [3.8, 4) is 0 Å². The van der Waals surface area contributed by atoms with Crippen molar-refractivity contribution in [2.24, 2.45) is 5.92 Å². The standard InChI is InChI=1S/C7H17ClSi/c1-4-6(3)7(5-2)9-8/h6-7H,4-5,9H2,1-3H3. The molecule has 2 unspecified atom stereocenters. The summed E-state index contributed by atoms with van der Waals surface area (Å²) in [6, 6.07) is 0. The van der Waals surface area contributed by atoms with Gasteiger partial charge in [-0.05, 0) is 11.5 Å². The van der Waals surface area contributed by atoms with Gasteiger partial charge in [0.15, 0.2) is 0 Å². The monoisotopic (exact) mass is 164 g/mol. The van der Waals surface area contributed by atoms with Crippen LogP contribution in [-0.4, -0.2) is 8.83 Å². The molecular formula is C7H17ClSi. The molecule has 2 heteroatoms.